The summed E-state index contributed by atoms with van der Waals surface area (Å²) in [5.74, 6) is 0. The largest absolute Gasteiger partial charge is 0.391 e. The summed E-state index contributed by atoms with van der Waals surface area (Å²) in [6.07, 6.45) is 0.736. The molecule has 0 amide bonds. The average molecular weight is 162 g/mol. The molecule has 1 saturated heterocycles. The van der Waals surface area contributed by atoms with E-state index in [2.05, 4.69) is 17.0 Å². The molecule has 1 N–H and O–H groups in total. The summed E-state index contributed by atoms with van der Waals surface area (Å²) in [5, 5.41) is 9.31. The van der Waals surface area contributed by atoms with Gasteiger partial charge in [-0.15, -0.1) is 0 Å². The fourth-order valence-electron chi connectivity index (χ4n) is 1.56. The fourth-order valence-corrected chi connectivity index (χ4v) is 1.56. The van der Waals surface area contributed by atoms with Crippen molar-refractivity contribution in [2.45, 2.75) is 12.5 Å². The first kappa shape index (κ1) is 7.62. The maximum Gasteiger partial charge on any atom is 0.0731 e. The third-order valence-corrected chi connectivity index (χ3v) is 2.22. The average Bonchev–Trinajstić information content (AvgIpc) is 2.54. The molecule has 0 bridgehead atoms. The van der Waals surface area contributed by atoms with Gasteiger partial charge in [0.15, 0.2) is 0 Å². The molecule has 1 aromatic carbocycles. The van der Waals surface area contributed by atoms with E-state index in [-0.39, 0.29) is 6.10 Å². The summed E-state index contributed by atoms with van der Waals surface area (Å²) in [6.45, 7) is 1.72. The van der Waals surface area contributed by atoms with Gasteiger partial charge in [0.05, 0.1) is 6.10 Å². The Bertz CT molecular complexity index is 247. The summed E-state index contributed by atoms with van der Waals surface area (Å²) in [4.78, 5) is 2.18. The highest BCUT2D eigenvalue weighted by Gasteiger charge is 2.19. The van der Waals surface area contributed by atoms with E-state index in [9.17, 15) is 5.11 Å². The molecular weight excluding hydrogens is 150 g/mol. The van der Waals surface area contributed by atoms with Crippen LogP contribution in [0, 0.1) is 6.07 Å². The summed E-state index contributed by atoms with van der Waals surface area (Å²) < 4.78 is 0. The second kappa shape index (κ2) is 3.15. The molecule has 2 rings (SSSR count). The zero-order valence-corrected chi connectivity index (χ0v) is 6.90. The second-order valence-electron chi connectivity index (χ2n) is 3.15. The minimum Gasteiger partial charge on any atom is -0.391 e. The smallest absolute Gasteiger partial charge is 0.0731 e. The van der Waals surface area contributed by atoms with Crippen LogP contribution >= 0.6 is 0 Å². The number of rotatable bonds is 1. The highest BCUT2D eigenvalue weighted by molar-refractivity contribution is 5.46. The first-order valence-corrected chi connectivity index (χ1v) is 4.25. The van der Waals surface area contributed by atoms with Crippen LogP contribution < -0.4 is 4.90 Å². The zero-order chi connectivity index (χ0) is 8.39. The predicted octanol–water partition coefficient (Wildman–Crippen LogP) is 1.06. The van der Waals surface area contributed by atoms with Gasteiger partial charge in [-0.1, -0.05) is 12.1 Å². The molecule has 0 aliphatic carbocycles. The molecule has 1 aromatic rings. The lowest BCUT2D eigenvalue weighted by Crippen LogP contribution is -2.20. The minimum atomic E-state index is -0.148. The first-order valence-electron chi connectivity index (χ1n) is 4.25. The van der Waals surface area contributed by atoms with Crippen molar-refractivity contribution >= 4 is 5.69 Å². The van der Waals surface area contributed by atoms with Crippen LogP contribution in [-0.4, -0.2) is 24.3 Å². The zero-order valence-electron chi connectivity index (χ0n) is 6.90. The monoisotopic (exact) mass is 162 g/mol. The van der Waals surface area contributed by atoms with E-state index in [0.717, 1.165) is 25.2 Å². The van der Waals surface area contributed by atoms with Gasteiger partial charge in [-0.2, -0.15) is 0 Å². The molecule has 12 heavy (non-hydrogen) atoms. The quantitative estimate of drug-likeness (QED) is 0.667. The van der Waals surface area contributed by atoms with Crippen molar-refractivity contribution in [2.24, 2.45) is 0 Å². The van der Waals surface area contributed by atoms with Gasteiger partial charge in [-0.25, -0.2) is 0 Å². The summed E-state index contributed by atoms with van der Waals surface area (Å²) in [7, 11) is 0. The van der Waals surface area contributed by atoms with E-state index in [4.69, 9.17) is 0 Å². The standard InChI is InChI=1S/C10H12NO/c12-10-6-7-11(8-10)9-4-2-1-3-5-9/h1-2,4-5,10,12H,6-8H2. The van der Waals surface area contributed by atoms with E-state index in [1.54, 1.807) is 0 Å². The van der Waals surface area contributed by atoms with Crippen LogP contribution in [0.3, 0.4) is 0 Å². The predicted molar refractivity (Wildman–Crippen MR) is 48.1 cm³/mol. The van der Waals surface area contributed by atoms with Gasteiger partial charge in [0.1, 0.15) is 0 Å². The van der Waals surface area contributed by atoms with Crippen LogP contribution in [0.15, 0.2) is 24.3 Å². The van der Waals surface area contributed by atoms with Gasteiger partial charge in [0.25, 0.3) is 0 Å². The third-order valence-electron chi connectivity index (χ3n) is 2.22. The van der Waals surface area contributed by atoms with E-state index >= 15 is 0 Å². The molecule has 0 spiro atoms. The van der Waals surface area contributed by atoms with Crippen molar-refractivity contribution in [3.05, 3.63) is 30.3 Å². The van der Waals surface area contributed by atoms with Gasteiger partial charge >= 0.3 is 0 Å². The molecule has 0 aromatic heterocycles. The van der Waals surface area contributed by atoms with Crippen LogP contribution in [0.5, 0.6) is 0 Å². The van der Waals surface area contributed by atoms with E-state index < -0.39 is 0 Å². The maximum atomic E-state index is 9.31. The molecule has 1 atom stereocenters. The molecule has 1 unspecified atom stereocenters. The van der Waals surface area contributed by atoms with Crippen molar-refractivity contribution < 1.29 is 5.11 Å². The Hall–Kier alpha value is -1.02. The third kappa shape index (κ3) is 1.43. The number of benzene rings is 1. The van der Waals surface area contributed by atoms with E-state index in [1.807, 2.05) is 18.2 Å². The summed E-state index contributed by atoms with van der Waals surface area (Å²) in [6, 6.07) is 10.9. The highest BCUT2D eigenvalue weighted by atomic mass is 16.3. The molecule has 1 radical (unpaired) electrons. The van der Waals surface area contributed by atoms with Crippen LogP contribution in [-0.2, 0) is 0 Å². The Labute approximate surface area is 72.4 Å². The normalized spacial score (nSPS) is 23.1. The number of anilines is 1. The molecule has 63 valence electrons. The van der Waals surface area contributed by atoms with E-state index in [0.29, 0.717) is 0 Å². The van der Waals surface area contributed by atoms with Crippen LogP contribution in [0.2, 0.25) is 0 Å². The van der Waals surface area contributed by atoms with Gasteiger partial charge in [-0.05, 0) is 24.6 Å². The number of aliphatic hydroxyl groups excluding tert-OH is 1. The fraction of sp³-hybridized carbons (Fsp3) is 0.400. The lowest BCUT2D eigenvalue weighted by Gasteiger charge is -2.16. The van der Waals surface area contributed by atoms with Crippen LogP contribution in [0.4, 0.5) is 5.69 Å². The van der Waals surface area contributed by atoms with Crippen LogP contribution in [0.1, 0.15) is 6.42 Å². The van der Waals surface area contributed by atoms with E-state index in [1.165, 1.54) is 0 Å². The lowest BCUT2D eigenvalue weighted by molar-refractivity contribution is 0.198. The Kier molecular flexibility index (Phi) is 2.00. The van der Waals surface area contributed by atoms with Crippen molar-refractivity contribution in [1.82, 2.24) is 0 Å². The number of aliphatic hydroxyl groups is 1. The van der Waals surface area contributed by atoms with Crippen molar-refractivity contribution in [3.8, 4) is 0 Å². The summed E-state index contributed by atoms with van der Waals surface area (Å²) in [5.41, 5.74) is 1.16. The molecule has 2 nitrogen and oxygen atoms in total. The van der Waals surface area contributed by atoms with Crippen LogP contribution in [0.25, 0.3) is 0 Å². The number of nitrogens with zero attached hydrogens (tertiary/aromatic N) is 1. The number of hydrogen-bond donors (Lipinski definition) is 1. The summed E-state index contributed by atoms with van der Waals surface area (Å²) >= 11 is 0. The number of hydrogen-bond acceptors (Lipinski definition) is 2. The maximum absolute atomic E-state index is 9.31. The Morgan fingerprint density at radius 2 is 2.50 bits per heavy atom. The second-order valence-corrected chi connectivity index (χ2v) is 3.15. The lowest BCUT2D eigenvalue weighted by atomic mass is 10.3. The van der Waals surface area contributed by atoms with Crippen molar-refractivity contribution in [2.75, 3.05) is 18.0 Å². The minimum absolute atomic E-state index is 0.148. The van der Waals surface area contributed by atoms with Crippen molar-refractivity contribution in [1.29, 1.82) is 0 Å². The molecular formula is C10H12NO. The van der Waals surface area contributed by atoms with Gasteiger partial charge in [-0.3, -0.25) is 0 Å². The molecule has 2 heteroatoms. The Morgan fingerprint density at radius 3 is 3.08 bits per heavy atom. The van der Waals surface area contributed by atoms with Gasteiger partial charge < -0.3 is 10.0 Å². The Balaban J connectivity index is 2.11. The molecule has 0 saturated carbocycles. The van der Waals surface area contributed by atoms with Crippen molar-refractivity contribution in [3.63, 3.8) is 0 Å². The first-order chi connectivity index (χ1) is 5.86. The molecule has 1 aliphatic rings. The number of β-amino-alcohol motifs (C(OH)–C–C–N with tert-alkyl or cyclic N) is 1. The Morgan fingerprint density at radius 1 is 1.58 bits per heavy atom. The SMILES string of the molecule is OC1CCN(c2c[c]ccc2)C1. The topological polar surface area (TPSA) is 23.5 Å². The van der Waals surface area contributed by atoms with Gasteiger partial charge in [0.2, 0.25) is 0 Å². The van der Waals surface area contributed by atoms with Gasteiger partial charge in [0, 0.05) is 18.8 Å². The molecule has 1 aliphatic heterocycles. The highest BCUT2D eigenvalue weighted by Crippen LogP contribution is 2.18. The molecule has 1 heterocycles. The molecule has 1 fully saturated rings.